The molecule has 10 nitrogen and oxygen atoms in total. The molecule has 0 N–H and O–H groups in total. The fourth-order valence-electron chi connectivity index (χ4n) is 26.2. The number of benzene rings is 13. The SMILES string of the molecule is c1ccc(-c2nc(-n3c4ccc(-c5ccc6c(c5)-c5ccccc5C65C6CC7CC(C6)CC5C7)cc4c4c5ccccc5ccc43)nc3c2oc2ccccc23)cc1.c1cncc(-c2nc(-c3cccnc3)nc(-c3ccccc3-n3c4ccc(-c5ccc6c(c5)-c5ccccc5C65C6CC7CC(C6)CC5C7)cc4c4c5ccccc5ccc43)n2)c1. The summed E-state index contributed by atoms with van der Waals surface area (Å²) in [6, 6.07) is 109. The Morgan fingerprint density at radius 2 is 0.719 bits per heavy atom. The molecule has 7 heterocycles. The number of para-hydroxylation sites is 2. The highest BCUT2D eigenvalue weighted by Gasteiger charge is 2.63. The molecule has 0 radical (unpaired) electrons. The monoisotopic (exact) mass is 1560 g/mol. The molecular weight excluding hydrogens is 1480 g/mol. The minimum absolute atomic E-state index is 0.164. The van der Waals surface area contributed by atoms with E-state index in [1.807, 2.05) is 42.5 Å². The topological polar surface area (TPSA) is 113 Å². The van der Waals surface area contributed by atoms with E-state index in [0.29, 0.717) is 29.0 Å². The molecule has 0 unspecified atom stereocenters. The number of nitrogens with zero attached hydrogens (tertiary/aromatic N) is 9. The Balaban J connectivity index is 0.000000128. The van der Waals surface area contributed by atoms with E-state index in [2.05, 4.69) is 274 Å². The summed E-state index contributed by atoms with van der Waals surface area (Å²) < 4.78 is 11.2. The second-order valence-corrected chi connectivity index (χ2v) is 36.3. The smallest absolute Gasteiger partial charge is 0.236 e. The maximum Gasteiger partial charge on any atom is 0.236 e. The van der Waals surface area contributed by atoms with Crippen LogP contribution >= 0.6 is 0 Å². The molecule has 10 heteroatoms. The van der Waals surface area contributed by atoms with E-state index in [-0.39, 0.29) is 10.8 Å². The van der Waals surface area contributed by atoms with E-state index in [4.69, 9.17) is 29.3 Å². The van der Waals surface area contributed by atoms with Crippen LogP contribution in [0.4, 0.5) is 0 Å². The number of rotatable bonds is 8. The van der Waals surface area contributed by atoms with Crippen molar-refractivity contribution in [3.05, 3.63) is 344 Å². The van der Waals surface area contributed by atoms with Crippen LogP contribution in [0.25, 0.3) is 189 Å². The van der Waals surface area contributed by atoms with Crippen molar-refractivity contribution in [2.45, 2.75) is 75.0 Å². The first-order valence-corrected chi connectivity index (χ1v) is 43.7. The molecule has 10 aliphatic rings. The number of hydrogen-bond acceptors (Lipinski definition) is 8. The first kappa shape index (κ1) is 68.1. The number of hydrogen-bond donors (Lipinski definition) is 0. The second kappa shape index (κ2) is 25.8. The van der Waals surface area contributed by atoms with Crippen LogP contribution < -0.4 is 0 Å². The average Bonchev–Trinajstić information content (AvgIpc) is 1.51. The summed E-state index contributed by atoms with van der Waals surface area (Å²) in [6.07, 6.45) is 21.2. The Bertz CT molecular complexity index is 7650. The van der Waals surface area contributed by atoms with Crippen LogP contribution in [0.5, 0.6) is 0 Å². The van der Waals surface area contributed by atoms with Gasteiger partial charge in [-0.05, 0) is 297 Å². The number of aromatic nitrogens is 9. The van der Waals surface area contributed by atoms with Crippen molar-refractivity contribution in [1.82, 2.24) is 44.0 Å². The highest BCUT2D eigenvalue weighted by atomic mass is 16.3. The summed E-state index contributed by atoms with van der Waals surface area (Å²) in [4.78, 5) is 34.7. The van der Waals surface area contributed by atoms with E-state index in [0.717, 1.165) is 120 Å². The molecule has 2 spiro atoms. The van der Waals surface area contributed by atoms with Gasteiger partial charge in [0.2, 0.25) is 5.95 Å². The van der Waals surface area contributed by atoms with E-state index in [1.54, 1.807) is 47.0 Å². The molecule has 0 saturated heterocycles. The van der Waals surface area contributed by atoms with Crippen molar-refractivity contribution in [3.63, 3.8) is 0 Å². The lowest BCUT2D eigenvalue weighted by Gasteiger charge is -2.61. The van der Waals surface area contributed by atoms with Crippen molar-refractivity contribution in [2.24, 2.45) is 47.3 Å². The summed E-state index contributed by atoms with van der Waals surface area (Å²) in [6.45, 7) is 0. The third-order valence-corrected chi connectivity index (χ3v) is 30.4. The third kappa shape index (κ3) is 9.84. The first-order valence-electron chi connectivity index (χ1n) is 43.7. The predicted molar refractivity (Wildman–Crippen MR) is 488 cm³/mol. The van der Waals surface area contributed by atoms with E-state index < -0.39 is 0 Å². The van der Waals surface area contributed by atoms with Gasteiger partial charge in [0.1, 0.15) is 16.8 Å². The zero-order chi connectivity index (χ0) is 78.9. The minimum atomic E-state index is 0.164. The van der Waals surface area contributed by atoms with Crippen LogP contribution in [-0.2, 0) is 10.8 Å². The Kier molecular flexibility index (Phi) is 14.5. The van der Waals surface area contributed by atoms with Gasteiger partial charge >= 0.3 is 0 Å². The molecule has 8 fully saturated rings. The lowest BCUT2D eigenvalue weighted by molar-refractivity contribution is -0.0399. The van der Waals surface area contributed by atoms with Gasteiger partial charge in [-0.15, -0.1) is 0 Å². The number of fused-ring (bicyclic) bond motifs is 19. The Morgan fingerprint density at radius 1 is 0.289 bits per heavy atom. The van der Waals surface area contributed by atoms with Gasteiger partial charge in [-0.2, -0.15) is 0 Å². The van der Waals surface area contributed by atoms with Crippen molar-refractivity contribution in [3.8, 4) is 102 Å². The van der Waals surface area contributed by atoms with Crippen LogP contribution in [0.1, 0.15) is 86.5 Å². The quantitative estimate of drug-likeness (QED) is 0.148. The van der Waals surface area contributed by atoms with E-state index in [1.165, 1.54) is 152 Å². The largest absolute Gasteiger partial charge is 0.452 e. The summed E-state index contributed by atoms with van der Waals surface area (Å²) in [5, 5.41) is 10.8. The number of pyridine rings is 2. The number of furan rings is 1. The van der Waals surface area contributed by atoms with Gasteiger partial charge < -0.3 is 8.98 Å². The van der Waals surface area contributed by atoms with Crippen molar-refractivity contribution in [1.29, 1.82) is 0 Å². The van der Waals surface area contributed by atoms with Gasteiger partial charge in [0.15, 0.2) is 23.1 Å². The highest BCUT2D eigenvalue weighted by Crippen LogP contribution is 2.72. The molecule has 8 saturated carbocycles. The molecule has 8 bridgehead atoms. The Hall–Kier alpha value is -13.8. The molecule has 121 heavy (non-hydrogen) atoms. The highest BCUT2D eigenvalue weighted by molar-refractivity contribution is 6.24. The summed E-state index contributed by atoms with van der Waals surface area (Å²) in [5.41, 5.74) is 29.7. The third-order valence-electron chi connectivity index (χ3n) is 30.4. The molecule has 0 amide bonds. The summed E-state index contributed by atoms with van der Waals surface area (Å²) in [7, 11) is 0. The van der Waals surface area contributed by atoms with Crippen LogP contribution in [0.15, 0.2) is 326 Å². The van der Waals surface area contributed by atoms with Gasteiger partial charge in [-0.25, -0.2) is 24.9 Å². The van der Waals surface area contributed by atoms with E-state index in [9.17, 15) is 0 Å². The lowest BCUT2D eigenvalue weighted by Crippen LogP contribution is -2.55. The molecule has 30 rings (SSSR count). The molecular formula is C111H81N9O. The predicted octanol–water partition coefficient (Wildman–Crippen LogP) is 27.0. The van der Waals surface area contributed by atoms with Gasteiger partial charge in [-0.1, -0.05) is 200 Å². The Morgan fingerprint density at radius 3 is 1.26 bits per heavy atom. The molecule has 0 aliphatic heterocycles. The maximum absolute atomic E-state index is 6.49. The van der Waals surface area contributed by atoms with Gasteiger partial charge in [0.05, 0.1) is 27.8 Å². The molecule has 13 aromatic carbocycles. The summed E-state index contributed by atoms with van der Waals surface area (Å²) in [5.74, 6) is 9.09. The van der Waals surface area contributed by atoms with Crippen molar-refractivity contribution >= 4 is 87.2 Å². The minimum Gasteiger partial charge on any atom is -0.452 e. The molecule has 7 aromatic heterocycles. The maximum atomic E-state index is 6.49. The van der Waals surface area contributed by atoms with Crippen LogP contribution in [-0.4, -0.2) is 44.0 Å². The van der Waals surface area contributed by atoms with Crippen LogP contribution in [0.2, 0.25) is 0 Å². The normalized spacial score (nSPS) is 22.3. The lowest BCUT2D eigenvalue weighted by atomic mass is 9.43. The molecule has 576 valence electrons. The van der Waals surface area contributed by atoms with Crippen molar-refractivity contribution in [2.75, 3.05) is 0 Å². The van der Waals surface area contributed by atoms with Crippen LogP contribution in [0, 0.1) is 47.3 Å². The summed E-state index contributed by atoms with van der Waals surface area (Å²) >= 11 is 0. The van der Waals surface area contributed by atoms with Crippen molar-refractivity contribution < 1.29 is 4.42 Å². The fourth-order valence-corrected chi connectivity index (χ4v) is 26.2. The molecule has 0 atom stereocenters. The standard InChI is InChI=1S/C57H42N6.C54H39N3O/c1-2-12-43-36(9-1)18-22-52-53(43)47-31-38(37-17-20-49-46(30-37)44-13-3-5-15-48(44)57(49)41-26-34-25-35(28-41)29-42(57)27-34)19-21-51(47)63(52)50-16-6-4-14-45(50)56-61-54(39-10-7-23-58-32-39)60-55(62-56)40-11-8-24-59-33-40;1-2-11-34(12-3-1)50-52-51(41-15-7-9-17-48(41)58-52)56-53(55-50)57-46-22-20-36(30-43(46)49-39-13-5-4-10-33(39)19-23-47(49)57)35-18-21-45-42(29-35)40-14-6-8-16-44(40)54(45)37-25-31-24-32(27-37)28-38(54)26-31/h1-24,30-35,41-42H,25-29H2;1-23,29-32,37-38H,24-28H2. The van der Waals surface area contributed by atoms with Gasteiger partial charge in [0.25, 0.3) is 0 Å². The van der Waals surface area contributed by atoms with Crippen LogP contribution in [0.3, 0.4) is 0 Å². The zero-order valence-electron chi connectivity index (χ0n) is 66.7. The molecule has 10 aliphatic carbocycles. The second-order valence-electron chi connectivity index (χ2n) is 36.3. The average molecular weight is 1560 g/mol. The van der Waals surface area contributed by atoms with E-state index >= 15 is 0 Å². The fraction of sp³-hybridized carbons (Fsp3) is 0.180. The first-order chi connectivity index (χ1) is 59.9. The molecule has 20 aromatic rings. The van der Waals surface area contributed by atoms with Gasteiger partial charge in [-0.3, -0.25) is 14.5 Å². The van der Waals surface area contributed by atoms with Gasteiger partial charge in [0, 0.05) is 84.8 Å². The zero-order valence-corrected chi connectivity index (χ0v) is 66.7. The Labute approximate surface area is 699 Å².